The first-order valence-corrected chi connectivity index (χ1v) is 9.43. The predicted octanol–water partition coefficient (Wildman–Crippen LogP) is 3.48. The van der Waals surface area contributed by atoms with Gasteiger partial charge in [-0.15, -0.1) is 0 Å². The third kappa shape index (κ3) is 4.46. The normalized spacial score (nSPS) is 14.9. The van der Waals surface area contributed by atoms with Crippen LogP contribution in [0.5, 0.6) is 5.75 Å². The van der Waals surface area contributed by atoms with E-state index in [1.807, 2.05) is 24.0 Å². The molecule has 0 aliphatic carbocycles. The lowest BCUT2D eigenvalue weighted by atomic mass is 10.0. The van der Waals surface area contributed by atoms with Gasteiger partial charge in [0.2, 0.25) is 0 Å². The highest BCUT2D eigenvalue weighted by molar-refractivity contribution is 9.10. The minimum Gasteiger partial charge on any atom is -0.494 e. The molecule has 0 unspecified atom stereocenters. The summed E-state index contributed by atoms with van der Waals surface area (Å²) in [5.41, 5.74) is 1.14. The van der Waals surface area contributed by atoms with Gasteiger partial charge in [-0.1, -0.05) is 0 Å². The van der Waals surface area contributed by atoms with Gasteiger partial charge < -0.3 is 19.4 Å². The van der Waals surface area contributed by atoms with Gasteiger partial charge in [-0.3, -0.25) is 9.59 Å². The van der Waals surface area contributed by atoms with E-state index in [1.54, 1.807) is 18.2 Å². The van der Waals surface area contributed by atoms with E-state index in [2.05, 4.69) is 21.2 Å². The van der Waals surface area contributed by atoms with E-state index in [1.165, 1.54) is 6.26 Å². The van der Waals surface area contributed by atoms with Crippen molar-refractivity contribution in [3.63, 3.8) is 0 Å². The van der Waals surface area contributed by atoms with Crippen LogP contribution in [0.25, 0.3) is 0 Å². The fourth-order valence-corrected chi connectivity index (χ4v) is 3.31. The molecule has 0 spiro atoms. The molecule has 6 nitrogen and oxygen atoms in total. The summed E-state index contributed by atoms with van der Waals surface area (Å²) < 4.78 is 11.0. The quantitative estimate of drug-likeness (QED) is 0.803. The Morgan fingerprint density at radius 3 is 2.50 bits per heavy atom. The largest absolute Gasteiger partial charge is 0.494 e. The van der Waals surface area contributed by atoms with Crippen molar-refractivity contribution in [3.05, 3.63) is 52.4 Å². The first-order chi connectivity index (χ1) is 12.6. The number of rotatable bonds is 5. The van der Waals surface area contributed by atoms with Gasteiger partial charge in [-0.05, 0) is 60.0 Å². The molecule has 2 heterocycles. The van der Waals surface area contributed by atoms with Crippen LogP contribution in [0.3, 0.4) is 0 Å². The van der Waals surface area contributed by atoms with Gasteiger partial charge in [0.25, 0.3) is 11.8 Å². The van der Waals surface area contributed by atoms with Crippen LogP contribution in [0.1, 0.15) is 40.5 Å². The Bertz CT molecular complexity index is 764. The lowest BCUT2D eigenvalue weighted by Gasteiger charge is -2.32. The molecule has 1 N–H and O–H groups in total. The second kappa shape index (κ2) is 8.40. The highest BCUT2D eigenvalue weighted by Crippen LogP contribution is 2.18. The van der Waals surface area contributed by atoms with E-state index < -0.39 is 0 Å². The fourth-order valence-electron chi connectivity index (χ4n) is 2.97. The lowest BCUT2D eigenvalue weighted by molar-refractivity contribution is 0.0698. The lowest BCUT2D eigenvalue weighted by Crippen LogP contribution is -2.46. The van der Waals surface area contributed by atoms with Crippen LogP contribution in [-0.4, -0.2) is 42.5 Å². The van der Waals surface area contributed by atoms with Crippen molar-refractivity contribution in [2.45, 2.75) is 25.8 Å². The Morgan fingerprint density at radius 2 is 1.92 bits per heavy atom. The molecule has 1 aliphatic heterocycles. The van der Waals surface area contributed by atoms with E-state index in [4.69, 9.17) is 9.15 Å². The zero-order chi connectivity index (χ0) is 18.5. The maximum atomic E-state index is 12.6. The molecule has 1 aromatic carbocycles. The molecule has 138 valence electrons. The highest BCUT2D eigenvalue weighted by atomic mass is 79.9. The van der Waals surface area contributed by atoms with E-state index >= 15 is 0 Å². The summed E-state index contributed by atoms with van der Waals surface area (Å²) in [5, 5.41) is 2.99. The molecular formula is C19H21BrN2O4. The fraction of sp³-hybridized carbons (Fsp3) is 0.368. The first-order valence-electron chi connectivity index (χ1n) is 8.64. The van der Waals surface area contributed by atoms with Crippen molar-refractivity contribution in [1.29, 1.82) is 0 Å². The van der Waals surface area contributed by atoms with E-state index in [0.29, 0.717) is 35.5 Å². The molecule has 1 aliphatic rings. The number of ether oxygens (including phenoxy) is 1. The van der Waals surface area contributed by atoms with Crippen LogP contribution in [0.15, 0.2) is 45.7 Å². The Balaban J connectivity index is 1.51. The van der Waals surface area contributed by atoms with Crippen LogP contribution in [-0.2, 0) is 0 Å². The maximum absolute atomic E-state index is 12.6. The van der Waals surface area contributed by atoms with Crippen molar-refractivity contribution >= 4 is 27.7 Å². The summed E-state index contributed by atoms with van der Waals surface area (Å²) in [6.07, 6.45) is 2.88. The summed E-state index contributed by atoms with van der Waals surface area (Å²) in [7, 11) is 0. The van der Waals surface area contributed by atoms with Gasteiger partial charge in [0.1, 0.15) is 12.0 Å². The second-order valence-electron chi connectivity index (χ2n) is 6.14. The molecule has 1 fully saturated rings. The molecule has 1 saturated heterocycles. The number of hydrogen-bond donors (Lipinski definition) is 1. The predicted molar refractivity (Wildman–Crippen MR) is 100 cm³/mol. The summed E-state index contributed by atoms with van der Waals surface area (Å²) in [6, 6.07) is 8.90. The molecule has 0 saturated carbocycles. The van der Waals surface area contributed by atoms with Crippen molar-refractivity contribution in [2.75, 3.05) is 19.7 Å². The highest BCUT2D eigenvalue weighted by Gasteiger charge is 2.25. The number of halogens is 1. The number of nitrogens with one attached hydrogen (secondary N) is 1. The number of carbonyl (C=O) groups excluding carboxylic acids is 2. The minimum absolute atomic E-state index is 0.0107. The minimum atomic E-state index is -0.157. The second-order valence-corrected chi connectivity index (χ2v) is 6.92. The van der Waals surface area contributed by atoms with Crippen molar-refractivity contribution in [3.8, 4) is 5.75 Å². The van der Waals surface area contributed by atoms with Crippen LogP contribution in [0.4, 0.5) is 0 Å². The van der Waals surface area contributed by atoms with Crippen molar-refractivity contribution in [2.24, 2.45) is 0 Å². The number of nitrogens with zero attached hydrogens (tertiary/aromatic N) is 1. The topological polar surface area (TPSA) is 71.8 Å². The molecule has 0 bridgehead atoms. The van der Waals surface area contributed by atoms with Gasteiger partial charge in [0.05, 0.1) is 12.2 Å². The third-order valence-electron chi connectivity index (χ3n) is 4.36. The average Bonchev–Trinajstić information content (AvgIpc) is 3.09. The van der Waals surface area contributed by atoms with Gasteiger partial charge in [0, 0.05) is 30.8 Å². The number of carbonyl (C=O) groups is 2. The van der Waals surface area contributed by atoms with Crippen LogP contribution in [0, 0.1) is 0 Å². The number of furan rings is 1. The maximum Gasteiger partial charge on any atom is 0.254 e. The molecule has 0 atom stereocenters. The van der Waals surface area contributed by atoms with Gasteiger partial charge in [0.15, 0.2) is 4.67 Å². The average molecular weight is 421 g/mol. The van der Waals surface area contributed by atoms with Crippen LogP contribution < -0.4 is 10.1 Å². The molecule has 3 rings (SSSR count). The Morgan fingerprint density at radius 1 is 1.23 bits per heavy atom. The van der Waals surface area contributed by atoms with E-state index in [9.17, 15) is 9.59 Å². The Hall–Kier alpha value is -2.28. The summed E-state index contributed by atoms with van der Waals surface area (Å²) >= 11 is 3.19. The molecular weight excluding hydrogens is 400 g/mol. The Labute approximate surface area is 160 Å². The summed E-state index contributed by atoms with van der Waals surface area (Å²) in [4.78, 5) is 26.6. The van der Waals surface area contributed by atoms with E-state index in [-0.39, 0.29) is 17.9 Å². The van der Waals surface area contributed by atoms with E-state index in [0.717, 1.165) is 18.6 Å². The van der Waals surface area contributed by atoms with Crippen molar-refractivity contribution < 1.29 is 18.7 Å². The smallest absolute Gasteiger partial charge is 0.254 e. The molecule has 1 aromatic heterocycles. The molecule has 2 amide bonds. The number of hydrogen-bond acceptors (Lipinski definition) is 4. The monoisotopic (exact) mass is 420 g/mol. The number of likely N-dealkylation sites (tertiary alicyclic amines) is 1. The molecule has 7 heteroatoms. The molecule has 26 heavy (non-hydrogen) atoms. The molecule has 2 aromatic rings. The standard InChI is InChI=1S/C19H21BrN2O4/c1-2-25-16-5-3-13(4-6-16)19(24)22-9-7-15(8-10-22)21-18(23)14-11-17(20)26-12-14/h3-6,11-12,15H,2,7-10H2,1H3,(H,21,23). The van der Waals surface area contributed by atoms with Gasteiger partial charge in [-0.2, -0.15) is 0 Å². The number of benzene rings is 1. The Kier molecular flexibility index (Phi) is 5.98. The SMILES string of the molecule is CCOc1ccc(C(=O)N2CCC(NC(=O)c3coc(Br)c3)CC2)cc1. The van der Waals surface area contributed by atoms with Gasteiger partial charge >= 0.3 is 0 Å². The van der Waals surface area contributed by atoms with Crippen molar-refractivity contribution in [1.82, 2.24) is 10.2 Å². The summed E-state index contributed by atoms with van der Waals surface area (Å²) in [6.45, 7) is 3.76. The summed E-state index contributed by atoms with van der Waals surface area (Å²) in [5.74, 6) is 0.615. The third-order valence-corrected chi connectivity index (χ3v) is 4.78. The number of amides is 2. The zero-order valence-corrected chi connectivity index (χ0v) is 16.1. The first kappa shape index (κ1) is 18.5. The number of piperidine rings is 1. The van der Waals surface area contributed by atoms with Crippen LogP contribution in [0.2, 0.25) is 0 Å². The molecule has 0 radical (unpaired) electrons. The zero-order valence-electron chi connectivity index (χ0n) is 14.5. The van der Waals surface area contributed by atoms with Gasteiger partial charge in [-0.25, -0.2) is 0 Å². The van der Waals surface area contributed by atoms with Crippen LogP contribution >= 0.6 is 15.9 Å².